The van der Waals surface area contributed by atoms with Crippen LogP contribution in [0.5, 0.6) is 5.75 Å². The Morgan fingerprint density at radius 1 is 0.950 bits per heavy atom. The lowest BCUT2D eigenvalue weighted by Crippen LogP contribution is -2.29. The Morgan fingerprint density at radius 2 is 1.55 bits per heavy atom. The first kappa shape index (κ1) is 12.7. The maximum Gasteiger partial charge on any atom is 0.142 e. The molecule has 1 aliphatic rings. The Hall–Kier alpha value is -2.36. The first-order valence-corrected chi connectivity index (χ1v) is 6.71. The van der Waals surface area contributed by atoms with Gasteiger partial charge in [-0.25, -0.2) is 0 Å². The van der Waals surface area contributed by atoms with Gasteiger partial charge in [-0.2, -0.15) is 5.12 Å². The van der Waals surface area contributed by atoms with Gasteiger partial charge in [-0.15, -0.1) is 0 Å². The lowest BCUT2D eigenvalue weighted by Gasteiger charge is -2.24. The zero-order valence-corrected chi connectivity index (χ0v) is 11.9. The van der Waals surface area contributed by atoms with Gasteiger partial charge in [0.2, 0.25) is 0 Å². The molecule has 0 saturated heterocycles. The predicted octanol–water partition coefficient (Wildman–Crippen LogP) is 3.86. The molecule has 0 saturated carbocycles. The van der Waals surface area contributed by atoms with Gasteiger partial charge < -0.3 is 5.11 Å². The average Bonchev–Trinajstić information content (AvgIpc) is 2.81. The molecule has 20 heavy (non-hydrogen) atoms. The molecule has 104 valence electrons. The van der Waals surface area contributed by atoms with Crippen molar-refractivity contribution in [2.45, 2.75) is 26.2 Å². The molecular formula is C16H19N3O. The molecule has 2 aromatic carbocycles. The number of phenolic OH excluding ortho intramolecular Hbond substituents is 1. The molecule has 4 nitrogen and oxygen atoms in total. The second kappa shape index (κ2) is 4.34. The number of para-hydroxylation sites is 2. The second-order valence-electron chi connectivity index (χ2n) is 6.06. The SMILES string of the molecule is CC(C)(C)c1ccc(O)c(N2Nc3ccccc3N2)c1. The van der Waals surface area contributed by atoms with E-state index in [1.54, 1.807) is 11.2 Å². The molecule has 3 rings (SSSR count). The molecule has 0 aromatic heterocycles. The van der Waals surface area contributed by atoms with Gasteiger partial charge in [0.05, 0.1) is 11.4 Å². The third kappa shape index (κ3) is 2.13. The van der Waals surface area contributed by atoms with E-state index in [4.69, 9.17) is 0 Å². The van der Waals surface area contributed by atoms with Gasteiger partial charge in [0.15, 0.2) is 0 Å². The molecule has 4 heteroatoms. The molecule has 0 atom stereocenters. The van der Waals surface area contributed by atoms with Gasteiger partial charge >= 0.3 is 0 Å². The lowest BCUT2D eigenvalue weighted by molar-refractivity contribution is 0.474. The number of nitrogens with one attached hydrogen (secondary N) is 2. The fourth-order valence-electron chi connectivity index (χ4n) is 2.24. The summed E-state index contributed by atoms with van der Waals surface area (Å²) in [4.78, 5) is 0. The molecule has 1 heterocycles. The monoisotopic (exact) mass is 269 g/mol. The van der Waals surface area contributed by atoms with E-state index in [1.807, 2.05) is 36.4 Å². The van der Waals surface area contributed by atoms with Crippen molar-refractivity contribution in [3.05, 3.63) is 48.0 Å². The first-order valence-electron chi connectivity index (χ1n) is 6.71. The highest BCUT2D eigenvalue weighted by atomic mass is 16.3. The highest BCUT2D eigenvalue weighted by molar-refractivity contribution is 5.80. The number of aromatic hydroxyl groups is 1. The normalized spacial score (nSPS) is 13.7. The van der Waals surface area contributed by atoms with E-state index in [-0.39, 0.29) is 11.2 Å². The Balaban J connectivity index is 1.96. The number of hydrogen-bond acceptors (Lipinski definition) is 4. The van der Waals surface area contributed by atoms with E-state index >= 15 is 0 Å². The summed E-state index contributed by atoms with van der Waals surface area (Å²) in [6.45, 7) is 6.47. The lowest BCUT2D eigenvalue weighted by atomic mass is 9.87. The average molecular weight is 269 g/mol. The van der Waals surface area contributed by atoms with Crippen LogP contribution in [0.25, 0.3) is 0 Å². The van der Waals surface area contributed by atoms with Crippen molar-refractivity contribution in [3.8, 4) is 5.75 Å². The van der Waals surface area contributed by atoms with Gasteiger partial charge in [-0.05, 0) is 35.2 Å². The first-order chi connectivity index (χ1) is 9.45. The van der Waals surface area contributed by atoms with Crippen LogP contribution in [0.15, 0.2) is 42.5 Å². The molecule has 1 aliphatic heterocycles. The molecule has 0 fully saturated rings. The second-order valence-corrected chi connectivity index (χ2v) is 6.06. The number of phenols is 1. The van der Waals surface area contributed by atoms with E-state index < -0.39 is 0 Å². The van der Waals surface area contributed by atoms with E-state index in [1.165, 1.54) is 5.56 Å². The fourth-order valence-corrected chi connectivity index (χ4v) is 2.24. The number of anilines is 3. The highest BCUT2D eigenvalue weighted by Gasteiger charge is 2.22. The largest absolute Gasteiger partial charge is 0.506 e. The topological polar surface area (TPSA) is 47.5 Å². The zero-order valence-electron chi connectivity index (χ0n) is 11.9. The summed E-state index contributed by atoms with van der Waals surface area (Å²) in [5.74, 6) is 0.241. The Bertz CT molecular complexity index is 621. The van der Waals surface area contributed by atoms with Gasteiger partial charge in [0, 0.05) is 0 Å². The van der Waals surface area contributed by atoms with Crippen LogP contribution in [0.1, 0.15) is 26.3 Å². The maximum atomic E-state index is 10.1. The molecular weight excluding hydrogens is 250 g/mol. The smallest absolute Gasteiger partial charge is 0.142 e. The van der Waals surface area contributed by atoms with Crippen molar-refractivity contribution < 1.29 is 5.11 Å². The van der Waals surface area contributed by atoms with Gasteiger partial charge in [0.25, 0.3) is 0 Å². The number of fused-ring (bicyclic) bond motifs is 1. The molecule has 0 unspecified atom stereocenters. The van der Waals surface area contributed by atoms with Crippen molar-refractivity contribution in [2.24, 2.45) is 0 Å². The van der Waals surface area contributed by atoms with Crippen LogP contribution >= 0.6 is 0 Å². The summed E-state index contributed by atoms with van der Waals surface area (Å²) < 4.78 is 0. The van der Waals surface area contributed by atoms with E-state index in [2.05, 4.69) is 31.6 Å². The maximum absolute atomic E-state index is 10.1. The molecule has 0 aliphatic carbocycles. The van der Waals surface area contributed by atoms with Crippen molar-refractivity contribution in [2.75, 3.05) is 16.0 Å². The Kier molecular flexibility index (Phi) is 2.74. The van der Waals surface area contributed by atoms with Crippen molar-refractivity contribution in [1.82, 2.24) is 0 Å². The van der Waals surface area contributed by atoms with E-state index in [9.17, 15) is 5.11 Å². The Labute approximate surface area is 119 Å². The van der Waals surface area contributed by atoms with Gasteiger partial charge in [-0.1, -0.05) is 39.0 Å². The third-order valence-electron chi connectivity index (χ3n) is 3.47. The summed E-state index contributed by atoms with van der Waals surface area (Å²) in [5.41, 5.74) is 10.4. The quantitative estimate of drug-likeness (QED) is 0.735. The van der Waals surface area contributed by atoms with Crippen LogP contribution in [0, 0.1) is 0 Å². The standard InChI is InChI=1S/C16H19N3O/c1-16(2,3)11-8-9-15(20)14(10-11)19-17-12-6-4-5-7-13(12)18-19/h4-10,17-18,20H,1-3H3. The summed E-state index contributed by atoms with van der Waals surface area (Å²) in [6, 6.07) is 13.6. The van der Waals surface area contributed by atoms with E-state index in [0.29, 0.717) is 5.69 Å². The molecule has 0 spiro atoms. The molecule has 2 aromatic rings. The van der Waals surface area contributed by atoms with Crippen LogP contribution in [0.2, 0.25) is 0 Å². The van der Waals surface area contributed by atoms with Crippen LogP contribution in [0.4, 0.5) is 17.1 Å². The zero-order chi connectivity index (χ0) is 14.3. The fraction of sp³-hybridized carbons (Fsp3) is 0.250. The minimum absolute atomic E-state index is 0.0367. The van der Waals surface area contributed by atoms with Crippen molar-refractivity contribution in [1.29, 1.82) is 0 Å². The number of nitrogens with zero attached hydrogens (tertiary/aromatic N) is 1. The summed E-state index contributed by atoms with van der Waals surface area (Å²) >= 11 is 0. The van der Waals surface area contributed by atoms with Crippen LogP contribution in [-0.2, 0) is 5.41 Å². The van der Waals surface area contributed by atoms with Crippen molar-refractivity contribution in [3.63, 3.8) is 0 Å². The minimum atomic E-state index is 0.0367. The minimum Gasteiger partial charge on any atom is -0.506 e. The molecule has 0 radical (unpaired) electrons. The molecule has 3 N–H and O–H groups in total. The number of benzene rings is 2. The van der Waals surface area contributed by atoms with Crippen LogP contribution < -0.4 is 16.0 Å². The van der Waals surface area contributed by atoms with E-state index in [0.717, 1.165) is 11.4 Å². The third-order valence-corrected chi connectivity index (χ3v) is 3.47. The molecule has 0 bridgehead atoms. The number of hydrazine groups is 2. The van der Waals surface area contributed by atoms with Gasteiger partial charge in [-0.3, -0.25) is 10.9 Å². The predicted molar refractivity (Wildman–Crippen MR) is 83.0 cm³/mol. The summed E-state index contributed by atoms with van der Waals surface area (Å²) in [6.07, 6.45) is 0. The highest BCUT2D eigenvalue weighted by Crippen LogP contribution is 2.37. The Morgan fingerprint density at radius 3 is 2.10 bits per heavy atom. The van der Waals surface area contributed by atoms with Crippen molar-refractivity contribution >= 4 is 17.1 Å². The number of rotatable bonds is 1. The number of hydrogen-bond donors (Lipinski definition) is 3. The van der Waals surface area contributed by atoms with Crippen LogP contribution in [0.3, 0.4) is 0 Å². The summed E-state index contributed by atoms with van der Waals surface area (Å²) in [5, 5.41) is 11.9. The molecule has 0 amide bonds. The summed E-state index contributed by atoms with van der Waals surface area (Å²) in [7, 11) is 0. The van der Waals surface area contributed by atoms with Crippen LogP contribution in [-0.4, -0.2) is 5.11 Å². The van der Waals surface area contributed by atoms with Gasteiger partial charge in [0.1, 0.15) is 11.4 Å².